The first-order valence-corrected chi connectivity index (χ1v) is 0.775. The monoisotopic (exact) mass is 133 g/mol. The minimum absolute atomic E-state index is 0. The van der Waals surface area contributed by atoms with Crippen LogP contribution in [-0.4, -0.2) is 38.8 Å². The van der Waals surface area contributed by atoms with Crippen molar-refractivity contribution in [2.24, 2.45) is 0 Å². The van der Waals surface area contributed by atoms with E-state index < -0.39 is 7.32 Å². The Morgan fingerprint density at radius 3 is 0.750 bits per heavy atom. The minimum atomic E-state index is -2.17. The van der Waals surface area contributed by atoms with Gasteiger partial charge < -0.3 is 37.7 Å². The fourth-order valence-electron chi connectivity index (χ4n) is 0. The van der Waals surface area contributed by atoms with E-state index in [-0.39, 0.29) is 22.6 Å². The molecule has 0 fully saturated rings. The third kappa shape index (κ3) is 2860. The molecule has 0 aliphatic heterocycles. The summed E-state index contributed by atoms with van der Waals surface area (Å²) in [7, 11) is -2.17. The predicted octanol–water partition coefficient (Wildman–Crippen LogP) is -4.36. The Balaban J connectivity index is -0.00000000750. The van der Waals surface area contributed by atoms with Gasteiger partial charge in [-0.25, -0.2) is 0 Å². The molecular weight excluding hydrogens is 121 g/mol. The van der Waals surface area contributed by atoms with E-state index >= 15 is 0 Å². The summed E-state index contributed by atoms with van der Waals surface area (Å²) in [4.78, 5) is 0. The summed E-state index contributed by atoms with van der Waals surface area (Å²) in [5.74, 6) is 0. The van der Waals surface area contributed by atoms with Gasteiger partial charge in [-0.2, -0.15) is 0 Å². The molecule has 0 atom stereocenters. The fourth-order valence-corrected chi connectivity index (χ4v) is 0. The van der Waals surface area contributed by atoms with Crippen molar-refractivity contribution in [1.29, 1.82) is 0 Å². The Labute approximate surface area is 46.3 Å². The molecule has 0 bridgehead atoms. The molecule has 12 N–H and O–H groups in total. The normalized spacial score (nSPS) is 3.38. The molecule has 0 rings (SSSR count). The van der Waals surface area contributed by atoms with Crippen LogP contribution in [0.1, 0.15) is 0 Å². The molecule has 0 aliphatic carbocycles. The lowest BCUT2D eigenvalue weighted by Crippen LogP contribution is -2.07. The maximum Gasteiger partial charge on any atom is 0.631 e. The first kappa shape index (κ1) is 46.2. The third-order valence-electron chi connectivity index (χ3n) is 0. The van der Waals surface area contributed by atoms with Crippen molar-refractivity contribution in [1.82, 2.24) is 6.15 Å². The molecule has 0 saturated heterocycles. The molecule has 0 aromatic carbocycles. The second-order valence-corrected chi connectivity index (χ2v) is 0.346. The highest BCUT2D eigenvalue weighted by molar-refractivity contribution is 6.30. The Kier molecular flexibility index (Phi) is 169. The summed E-state index contributed by atoms with van der Waals surface area (Å²) in [5.41, 5.74) is 0. The Morgan fingerprint density at radius 1 is 0.750 bits per heavy atom. The van der Waals surface area contributed by atoms with Gasteiger partial charge in [0.15, 0.2) is 0 Å². The Bertz CT molecular complexity index is 13.2. The minimum Gasteiger partial charge on any atom is -0.412 e. The smallest absolute Gasteiger partial charge is 0.412 e. The quantitative estimate of drug-likeness (QED) is 0.242. The molecule has 0 amide bonds. The largest absolute Gasteiger partial charge is 0.631 e. The maximum absolute atomic E-state index is 7.17. The molecule has 0 aliphatic rings. The zero-order valence-electron chi connectivity index (χ0n) is 4.13. The third-order valence-corrected chi connectivity index (χ3v) is 0. The first-order chi connectivity index (χ1) is 1.73. The van der Waals surface area contributed by atoms with Crippen LogP contribution in [0.2, 0.25) is 0 Å². The molecule has 0 heterocycles. The molecule has 0 radical (unpaired) electrons. The van der Waals surface area contributed by atoms with Gasteiger partial charge in [-0.05, 0) is 0 Å². The lowest BCUT2D eigenvalue weighted by molar-refractivity contribution is 0.278. The van der Waals surface area contributed by atoms with E-state index in [1.807, 2.05) is 0 Å². The van der Waals surface area contributed by atoms with Gasteiger partial charge in [0.25, 0.3) is 0 Å². The van der Waals surface area contributed by atoms with Crippen molar-refractivity contribution in [2.75, 3.05) is 0 Å². The van der Waals surface area contributed by atoms with Crippen LogP contribution in [0.4, 0.5) is 0 Å². The van der Waals surface area contributed by atoms with Crippen LogP contribution in [0.5, 0.6) is 0 Å². The average molecular weight is 133 g/mol. The van der Waals surface area contributed by atoms with Crippen molar-refractivity contribution in [3.8, 4) is 0 Å². The van der Waals surface area contributed by atoms with E-state index in [1.54, 1.807) is 0 Å². The number of rotatable bonds is 0. The lowest BCUT2D eigenvalue weighted by Gasteiger charge is -1.69. The van der Waals surface area contributed by atoms with E-state index in [0.29, 0.717) is 0 Å². The summed E-state index contributed by atoms with van der Waals surface area (Å²) >= 11 is 0. The van der Waals surface area contributed by atoms with Crippen molar-refractivity contribution in [3.05, 3.63) is 0 Å². The fraction of sp³-hybridized carbons (Fsp3) is 0. The Morgan fingerprint density at radius 2 is 0.750 bits per heavy atom. The molecule has 7 nitrogen and oxygen atoms in total. The van der Waals surface area contributed by atoms with Gasteiger partial charge in [0, 0.05) is 0 Å². The van der Waals surface area contributed by atoms with Gasteiger partial charge in [-0.15, -0.1) is 0 Å². The van der Waals surface area contributed by atoms with E-state index in [0.717, 1.165) is 0 Å². The molecule has 0 saturated carbocycles. The summed E-state index contributed by atoms with van der Waals surface area (Å²) < 4.78 is 0. The highest BCUT2D eigenvalue weighted by Gasteiger charge is 1.92. The van der Waals surface area contributed by atoms with Crippen molar-refractivity contribution in [3.63, 3.8) is 0 Å². The van der Waals surface area contributed by atoms with E-state index in [4.69, 9.17) is 15.1 Å². The van der Waals surface area contributed by atoms with Crippen LogP contribution in [0.25, 0.3) is 0 Å². The molecule has 0 spiro atoms. The maximum atomic E-state index is 7.17. The van der Waals surface area contributed by atoms with Crippen molar-refractivity contribution in [2.45, 2.75) is 0 Å². The highest BCUT2D eigenvalue weighted by atomic mass is 16.5. The molecule has 0 unspecified atom stereocenters. The number of hydrogen-bond donors (Lipinski definition) is 4. The zero-order chi connectivity index (χ0) is 3.58. The molecule has 56 valence electrons. The van der Waals surface area contributed by atoms with Gasteiger partial charge in [-0.1, -0.05) is 0 Å². The lowest BCUT2D eigenvalue weighted by atomic mass is 10.3. The van der Waals surface area contributed by atoms with Crippen molar-refractivity contribution >= 4 is 7.32 Å². The summed E-state index contributed by atoms with van der Waals surface area (Å²) in [6.45, 7) is 0. The van der Waals surface area contributed by atoms with E-state index in [9.17, 15) is 0 Å². The molecule has 0 aromatic heterocycles. The predicted molar refractivity (Wildman–Crippen MR) is 28.3 cm³/mol. The van der Waals surface area contributed by atoms with E-state index in [1.165, 1.54) is 0 Å². The molecule has 8 heteroatoms. The Hall–Kier alpha value is -0.215. The summed E-state index contributed by atoms with van der Waals surface area (Å²) in [6, 6.07) is 0. The van der Waals surface area contributed by atoms with Crippen LogP contribution < -0.4 is 6.15 Å². The highest BCUT2D eigenvalue weighted by Crippen LogP contribution is 1.40. The van der Waals surface area contributed by atoms with Gasteiger partial charge in [-0.3, -0.25) is 0 Å². The SMILES string of the molecule is N.O.O.O.OB(O)O. The van der Waals surface area contributed by atoms with Crippen LogP contribution in [0.15, 0.2) is 0 Å². The number of hydrogen-bond acceptors (Lipinski definition) is 4. The standard InChI is InChI=1S/BH3O3.H3N.3H2O/c2-1(3)4;;;;/h2-4H;1H3;3*1H2. The van der Waals surface area contributed by atoms with Crippen molar-refractivity contribution < 1.29 is 31.5 Å². The van der Waals surface area contributed by atoms with Gasteiger partial charge in [0.05, 0.1) is 0 Å². The second kappa shape index (κ2) is 29.3. The molecule has 0 aromatic rings. The van der Waals surface area contributed by atoms with Gasteiger partial charge >= 0.3 is 7.32 Å². The van der Waals surface area contributed by atoms with Gasteiger partial charge in [0.1, 0.15) is 0 Å². The first-order valence-electron chi connectivity index (χ1n) is 0.775. The van der Waals surface area contributed by atoms with Crippen LogP contribution in [-0.2, 0) is 0 Å². The van der Waals surface area contributed by atoms with Crippen LogP contribution in [0.3, 0.4) is 0 Å². The molecular formula is H12BNO6. The molecule has 8 heavy (non-hydrogen) atoms. The zero-order valence-corrected chi connectivity index (χ0v) is 4.13. The topological polar surface area (TPSA) is 190 Å². The van der Waals surface area contributed by atoms with Crippen LogP contribution >= 0.6 is 0 Å². The average Bonchev–Trinajstić information content (AvgIpc) is 0.811. The summed E-state index contributed by atoms with van der Waals surface area (Å²) in [5, 5.41) is 21.5. The van der Waals surface area contributed by atoms with E-state index in [2.05, 4.69) is 0 Å². The van der Waals surface area contributed by atoms with Crippen LogP contribution in [0, 0.1) is 0 Å². The summed E-state index contributed by atoms with van der Waals surface area (Å²) in [6.07, 6.45) is 0. The second-order valence-electron chi connectivity index (χ2n) is 0.346. The van der Waals surface area contributed by atoms with Gasteiger partial charge in [0.2, 0.25) is 0 Å².